The van der Waals surface area contributed by atoms with Gasteiger partial charge in [-0.05, 0) is 32.5 Å². The Bertz CT molecular complexity index is 288. The van der Waals surface area contributed by atoms with Crippen molar-refractivity contribution in [2.45, 2.75) is 33.1 Å². The lowest BCUT2D eigenvalue weighted by atomic mass is 10.0. The van der Waals surface area contributed by atoms with E-state index < -0.39 is 0 Å². The number of aliphatic imine (C=N–C) groups is 1. The van der Waals surface area contributed by atoms with Gasteiger partial charge in [-0.25, -0.2) is 0 Å². The zero-order valence-corrected chi connectivity index (χ0v) is 14.5. The van der Waals surface area contributed by atoms with Crippen LogP contribution in [0.5, 0.6) is 0 Å². The van der Waals surface area contributed by atoms with E-state index in [9.17, 15) is 0 Å². The lowest BCUT2D eigenvalue weighted by Crippen LogP contribution is -2.43. The maximum atomic E-state index is 4.31. The average Bonchev–Trinajstić information content (AvgIpc) is 2.71. The Morgan fingerprint density at radius 2 is 1.86 bits per heavy atom. The Morgan fingerprint density at radius 1 is 1.10 bits per heavy atom. The smallest absolute Gasteiger partial charge is 0.191 e. The van der Waals surface area contributed by atoms with Crippen LogP contribution < -0.4 is 10.6 Å². The summed E-state index contributed by atoms with van der Waals surface area (Å²) in [6.07, 6.45) is 3.72. The van der Waals surface area contributed by atoms with E-state index in [1.54, 1.807) is 0 Å². The molecule has 0 aromatic carbocycles. The van der Waals surface area contributed by atoms with Gasteiger partial charge < -0.3 is 20.4 Å². The summed E-state index contributed by atoms with van der Waals surface area (Å²) >= 11 is 0. The summed E-state index contributed by atoms with van der Waals surface area (Å²) in [4.78, 5) is 9.28. The Morgan fingerprint density at radius 3 is 2.52 bits per heavy atom. The van der Waals surface area contributed by atoms with E-state index in [0.29, 0.717) is 0 Å². The normalized spacial score (nSPS) is 18.8. The lowest BCUT2D eigenvalue weighted by Gasteiger charge is -2.21. The molecule has 21 heavy (non-hydrogen) atoms. The van der Waals surface area contributed by atoms with Crippen molar-refractivity contribution in [2.75, 3.05) is 59.9 Å². The monoisotopic (exact) mass is 297 g/mol. The average molecular weight is 297 g/mol. The molecule has 0 aromatic heterocycles. The first-order valence-corrected chi connectivity index (χ1v) is 8.55. The third kappa shape index (κ3) is 7.67. The predicted octanol–water partition coefficient (Wildman–Crippen LogP) is 1.23. The molecule has 0 saturated carbocycles. The first-order valence-electron chi connectivity index (χ1n) is 8.55. The van der Waals surface area contributed by atoms with Crippen LogP contribution in [-0.4, -0.2) is 75.7 Å². The molecule has 124 valence electrons. The predicted molar refractivity (Wildman–Crippen MR) is 92.0 cm³/mol. The molecule has 0 atom stereocenters. The van der Waals surface area contributed by atoms with Crippen LogP contribution in [0.2, 0.25) is 0 Å². The van der Waals surface area contributed by atoms with Crippen LogP contribution in [0.4, 0.5) is 0 Å². The van der Waals surface area contributed by atoms with Gasteiger partial charge in [-0.15, -0.1) is 0 Å². The van der Waals surface area contributed by atoms with Gasteiger partial charge in [0, 0.05) is 39.8 Å². The topological polar surface area (TPSA) is 42.9 Å². The van der Waals surface area contributed by atoms with Gasteiger partial charge in [-0.3, -0.25) is 4.99 Å². The highest BCUT2D eigenvalue weighted by atomic mass is 15.2. The molecule has 1 aliphatic heterocycles. The number of nitrogens with zero attached hydrogens (tertiary/aromatic N) is 3. The summed E-state index contributed by atoms with van der Waals surface area (Å²) in [7, 11) is 4.06. The molecule has 2 N–H and O–H groups in total. The zero-order chi connectivity index (χ0) is 15.5. The van der Waals surface area contributed by atoms with Gasteiger partial charge in [0.15, 0.2) is 5.96 Å². The quantitative estimate of drug-likeness (QED) is 0.548. The molecule has 1 aliphatic rings. The van der Waals surface area contributed by atoms with E-state index in [2.05, 4.69) is 46.3 Å². The van der Waals surface area contributed by atoms with Gasteiger partial charge in [0.25, 0.3) is 0 Å². The van der Waals surface area contributed by atoms with Crippen molar-refractivity contribution in [3.63, 3.8) is 0 Å². The van der Waals surface area contributed by atoms with Crippen LogP contribution >= 0.6 is 0 Å². The molecule has 1 saturated heterocycles. The van der Waals surface area contributed by atoms with Crippen LogP contribution in [0.15, 0.2) is 4.99 Å². The second kappa shape index (κ2) is 10.9. The number of rotatable bonds is 7. The Labute approximate surface area is 131 Å². The van der Waals surface area contributed by atoms with Crippen molar-refractivity contribution in [1.29, 1.82) is 0 Å². The third-order valence-corrected chi connectivity index (χ3v) is 4.47. The van der Waals surface area contributed by atoms with Crippen LogP contribution in [0.3, 0.4) is 0 Å². The van der Waals surface area contributed by atoms with E-state index >= 15 is 0 Å². The number of guanidine groups is 1. The van der Waals surface area contributed by atoms with Crippen molar-refractivity contribution in [3.05, 3.63) is 0 Å². The molecular weight excluding hydrogens is 262 g/mol. The van der Waals surface area contributed by atoms with Crippen molar-refractivity contribution in [3.8, 4) is 0 Å². The number of nitrogens with one attached hydrogen (secondary N) is 2. The van der Waals surface area contributed by atoms with Crippen molar-refractivity contribution < 1.29 is 0 Å². The third-order valence-electron chi connectivity index (χ3n) is 4.47. The van der Waals surface area contributed by atoms with Crippen LogP contribution in [0, 0.1) is 5.92 Å². The standard InChI is InChI=1S/C16H35N5/c1-5-15(6-2)14-19-16(17-3)18-8-11-21-10-7-9-20(4)12-13-21/h15H,5-14H2,1-4H3,(H2,17,18,19). The fourth-order valence-corrected chi connectivity index (χ4v) is 2.69. The van der Waals surface area contributed by atoms with Crippen molar-refractivity contribution >= 4 is 5.96 Å². The lowest BCUT2D eigenvalue weighted by molar-refractivity contribution is 0.280. The van der Waals surface area contributed by atoms with Gasteiger partial charge in [0.05, 0.1) is 0 Å². The molecule has 0 aromatic rings. The fourth-order valence-electron chi connectivity index (χ4n) is 2.69. The molecule has 1 rings (SSSR count). The number of hydrogen-bond acceptors (Lipinski definition) is 3. The second-order valence-electron chi connectivity index (χ2n) is 6.06. The molecular formula is C16H35N5. The number of hydrogen-bond donors (Lipinski definition) is 2. The molecule has 0 aliphatic carbocycles. The molecule has 0 unspecified atom stereocenters. The van der Waals surface area contributed by atoms with Crippen LogP contribution in [0.25, 0.3) is 0 Å². The minimum atomic E-state index is 0.740. The Hall–Kier alpha value is -0.810. The fraction of sp³-hybridized carbons (Fsp3) is 0.938. The van der Waals surface area contributed by atoms with Gasteiger partial charge in [-0.1, -0.05) is 26.7 Å². The molecule has 1 fully saturated rings. The minimum absolute atomic E-state index is 0.740. The summed E-state index contributed by atoms with van der Waals surface area (Å²) in [5.41, 5.74) is 0. The van der Waals surface area contributed by atoms with Gasteiger partial charge in [0.2, 0.25) is 0 Å². The summed E-state index contributed by atoms with van der Waals surface area (Å²) < 4.78 is 0. The summed E-state index contributed by atoms with van der Waals surface area (Å²) in [6, 6.07) is 0. The molecule has 0 bridgehead atoms. The van der Waals surface area contributed by atoms with E-state index in [0.717, 1.165) is 31.5 Å². The van der Waals surface area contributed by atoms with Gasteiger partial charge in [-0.2, -0.15) is 0 Å². The molecule has 0 spiro atoms. The van der Waals surface area contributed by atoms with Crippen LogP contribution in [-0.2, 0) is 0 Å². The van der Waals surface area contributed by atoms with E-state index in [-0.39, 0.29) is 0 Å². The maximum Gasteiger partial charge on any atom is 0.191 e. The Balaban J connectivity index is 2.19. The first kappa shape index (κ1) is 18.2. The van der Waals surface area contributed by atoms with E-state index in [4.69, 9.17) is 0 Å². The summed E-state index contributed by atoms with van der Waals surface area (Å²) in [5.74, 6) is 1.68. The van der Waals surface area contributed by atoms with Crippen molar-refractivity contribution in [2.24, 2.45) is 10.9 Å². The minimum Gasteiger partial charge on any atom is -0.356 e. The number of likely N-dealkylation sites (N-methyl/N-ethyl adjacent to an activating group) is 1. The largest absolute Gasteiger partial charge is 0.356 e. The van der Waals surface area contributed by atoms with E-state index in [1.807, 2.05) is 7.05 Å². The van der Waals surface area contributed by atoms with Crippen molar-refractivity contribution in [1.82, 2.24) is 20.4 Å². The van der Waals surface area contributed by atoms with E-state index in [1.165, 1.54) is 45.4 Å². The van der Waals surface area contributed by atoms with Gasteiger partial charge >= 0.3 is 0 Å². The highest BCUT2D eigenvalue weighted by molar-refractivity contribution is 5.79. The van der Waals surface area contributed by atoms with Crippen LogP contribution in [0.1, 0.15) is 33.1 Å². The molecule has 5 heteroatoms. The molecule has 0 radical (unpaired) electrons. The Kier molecular flexibility index (Phi) is 9.42. The zero-order valence-electron chi connectivity index (χ0n) is 14.5. The molecule has 0 amide bonds. The molecule has 5 nitrogen and oxygen atoms in total. The highest BCUT2D eigenvalue weighted by Crippen LogP contribution is 2.04. The van der Waals surface area contributed by atoms with Gasteiger partial charge in [0.1, 0.15) is 0 Å². The highest BCUT2D eigenvalue weighted by Gasteiger charge is 2.11. The molecule has 1 heterocycles. The summed E-state index contributed by atoms with van der Waals surface area (Å²) in [5, 5.41) is 6.88. The summed E-state index contributed by atoms with van der Waals surface area (Å²) in [6.45, 7) is 12.4. The SMILES string of the molecule is CCC(CC)CNC(=NC)NCCN1CCCN(C)CC1. The maximum absolute atomic E-state index is 4.31. The second-order valence-corrected chi connectivity index (χ2v) is 6.06. The first-order chi connectivity index (χ1) is 10.2.